The van der Waals surface area contributed by atoms with Gasteiger partial charge in [0.05, 0.1) is 11.3 Å². The summed E-state index contributed by atoms with van der Waals surface area (Å²) in [6, 6.07) is 4.32. The number of aromatic amines is 1. The Morgan fingerprint density at radius 1 is 1.46 bits per heavy atom. The number of hydrogen-bond acceptors (Lipinski definition) is 5. The Labute approximate surface area is 160 Å². The highest BCUT2D eigenvalue weighted by Gasteiger charge is 2.21. The second kappa shape index (κ2) is 8.99. The smallest absolute Gasteiger partial charge is 0.256 e. The fourth-order valence-corrected chi connectivity index (χ4v) is 4.13. The number of thioether (sulfide) groups is 1. The summed E-state index contributed by atoms with van der Waals surface area (Å²) in [6.07, 6.45) is 1.71. The average molecular weight is 398 g/mol. The lowest BCUT2D eigenvalue weighted by Gasteiger charge is -2.27. The number of benzene rings is 1. The van der Waals surface area contributed by atoms with Crippen molar-refractivity contribution in [1.82, 2.24) is 14.9 Å². The summed E-state index contributed by atoms with van der Waals surface area (Å²) < 4.78 is 18.2. The van der Waals surface area contributed by atoms with Crippen molar-refractivity contribution >= 4 is 23.4 Å². The zero-order valence-corrected chi connectivity index (χ0v) is 16.1. The molecule has 140 valence electrons. The predicted molar refractivity (Wildman–Crippen MR) is 101 cm³/mol. The number of fused-ring (bicyclic) bond motifs is 1. The monoisotopic (exact) mass is 397 g/mol. The summed E-state index contributed by atoms with van der Waals surface area (Å²) in [4.78, 5) is 22.2. The van der Waals surface area contributed by atoms with Crippen LogP contribution in [-0.4, -0.2) is 41.7 Å². The Kier molecular flexibility index (Phi) is 6.69. The molecule has 0 spiro atoms. The van der Waals surface area contributed by atoms with Crippen molar-refractivity contribution in [1.29, 1.82) is 0 Å². The van der Waals surface area contributed by atoms with Crippen molar-refractivity contribution in [3.05, 3.63) is 56.2 Å². The number of methoxy groups -OCH3 is 1. The van der Waals surface area contributed by atoms with Gasteiger partial charge in [-0.25, -0.2) is 9.37 Å². The summed E-state index contributed by atoms with van der Waals surface area (Å²) >= 11 is 7.44. The van der Waals surface area contributed by atoms with E-state index >= 15 is 0 Å². The Morgan fingerprint density at radius 2 is 2.31 bits per heavy atom. The van der Waals surface area contributed by atoms with E-state index in [2.05, 4.69) is 14.9 Å². The third-order valence-corrected chi connectivity index (χ3v) is 5.60. The van der Waals surface area contributed by atoms with E-state index in [4.69, 9.17) is 16.3 Å². The molecule has 3 rings (SSSR count). The molecule has 0 aliphatic carbocycles. The van der Waals surface area contributed by atoms with Crippen LogP contribution in [0.4, 0.5) is 4.39 Å². The van der Waals surface area contributed by atoms with E-state index in [0.29, 0.717) is 22.5 Å². The molecule has 1 aliphatic rings. The van der Waals surface area contributed by atoms with Gasteiger partial charge < -0.3 is 9.72 Å². The van der Waals surface area contributed by atoms with Gasteiger partial charge in [-0.1, -0.05) is 29.4 Å². The van der Waals surface area contributed by atoms with Gasteiger partial charge in [0.15, 0.2) is 5.16 Å². The number of aromatic nitrogens is 2. The van der Waals surface area contributed by atoms with Gasteiger partial charge in [-0.3, -0.25) is 9.69 Å². The van der Waals surface area contributed by atoms with Crippen molar-refractivity contribution in [2.75, 3.05) is 26.8 Å². The molecule has 0 radical (unpaired) electrons. The van der Waals surface area contributed by atoms with E-state index in [9.17, 15) is 9.18 Å². The van der Waals surface area contributed by atoms with Crippen LogP contribution in [0.25, 0.3) is 0 Å². The minimum atomic E-state index is -0.362. The molecule has 1 N–H and O–H groups in total. The number of nitrogens with one attached hydrogen (secondary N) is 1. The van der Waals surface area contributed by atoms with E-state index in [1.165, 1.54) is 23.9 Å². The molecule has 2 aromatic rings. The van der Waals surface area contributed by atoms with Crippen molar-refractivity contribution in [2.45, 2.75) is 30.3 Å². The molecule has 5 nitrogen and oxygen atoms in total. The van der Waals surface area contributed by atoms with Crippen molar-refractivity contribution < 1.29 is 9.13 Å². The van der Waals surface area contributed by atoms with E-state index < -0.39 is 0 Å². The topological polar surface area (TPSA) is 58.2 Å². The molecule has 0 amide bonds. The molecule has 0 fully saturated rings. The molecule has 0 atom stereocenters. The highest BCUT2D eigenvalue weighted by molar-refractivity contribution is 7.98. The third kappa shape index (κ3) is 4.85. The first-order chi connectivity index (χ1) is 12.6. The number of ether oxygens (including phenoxy) is 1. The van der Waals surface area contributed by atoms with Gasteiger partial charge in [-0.15, -0.1) is 0 Å². The van der Waals surface area contributed by atoms with Gasteiger partial charge in [-0.2, -0.15) is 0 Å². The molecule has 0 bridgehead atoms. The van der Waals surface area contributed by atoms with Gasteiger partial charge in [0.25, 0.3) is 5.56 Å². The van der Waals surface area contributed by atoms with Crippen LogP contribution in [0, 0.1) is 5.82 Å². The lowest BCUT2D eigenvalue weighted by atomic mass is 10.1. The van der Waals surface area contributed by atoms with Crippen LogP contribution >= 0.6 is 23.4 Å². The molecular formula is C18H21ClFN3O2S. The fourth-order valence-electron chi connectivity index (χ4n) is 2.93. The average Bonchev–Trinajstić information content (AvgIpc) is 2.62. The Bertz CT molecular complexity index is 831. The van der Waals surface area contributed by atoms with Crippen LogP contribution in [-0.2, 0) is 23.5 Å². The highest BCUT2D eigenvalue weighted by Crippen LogP contribution is 2.26. The summed E-state index contributed by atoms with van der Waals surface area (Å²) in [5.41, 5.74) is 2.34. The molecular weight excluding hydrogens is 377 g/mol. The molecule has 26 heavy (non-hydrogen) atoms. The summed E-state index contributed by atoms with van der Waals surface area (Å²) in [5.74, 6) is 0.156. The zero-order valence-electron chi connectivity index (χ0n) is 14.6. The Morgan fingerprint density at radius 3 is 3.08 bits per heavy atom. The molecule has 0 saturated carbocycles. The SMILES string of the molecule is COCCCN1CCc2nc(SCc3ccc(F)cc3Cl)[nH]c(=O)c2C1. The summed E-state index contributed by atoms with van der Waals surface area (Å²) in [5, 5.41) is 0.950. The number of hydrogen-bond donors (Lipinski definition) is 1. The zero-order chi connectivity index (χ0) is 18.5. The second-order valence-electron chi connectivity index (χ2n) is 6.19. The standard InChI is InChI=1S/C18H21ClFN3O2S/c1-25-8-2-6-23-7-5-16-14(10-23)17(24)22-18(21-16)26-11-12-3-4-13(20)9-15(12)19/h3-4,9H,2,5-8,10-11H2,1H3,(H,21,22,24). The maximum Gasteiger partial charge on any atom is 0.256 e. The Balaban J connectivity index is 1.66. The molecule has 1 aromatic carbocycles. The van der Waals surface area contributed by atoms with Crippen molar-refractivity contribution in [3.8, 4) is 0 Å². The minimum Gasteiger partial charge on any atom is -0.385 e. The van der Waals surface area contributed by atoms with Gasteiger partial charge in [0, 0.05) is 50.5 Å². The van der Waals surface area contributed by atoms with Crippen LogP contribution < -0.4 is 5.56 Å². The predicted octanol–water partition coefficient (Wildman–Crippen LogP) is 3.25. The van der Waals surface area contributed by atoms with E-state index in [-0.39, 0.29) is 11.4 Å². The van der Waals surface area contributed by atoms with Gasteiger partial charge in [-0.05, 0) is 24.1 Å². The molecule has 8 heteroatoms. The Hall–Kier alpha value is -1.41. The van der Waals surface area contributed by atoms with Crippen LogP contribution in [0.2, 0.25) is 5.02 Å². The van der Waals surface area contributed by atoms with Crippen LogP contribution in [0.15, 0.2) is 28.2 Å². The quantitative estimate of drug-likeness (QED) is 0.441. The van der Waals surface area contributed by atoms with Crippen LogP contribution in [0.1, 0.15) is 23.2 Å². The molecule has 1 aliphatic heterocycles. The fraction of sp³-hybridized carbons (Fsp3) is 0.444. The number of rotatable bonds is 7. The van der Waals surface area contributed by atoms with Gasteiger partial charge in [0.2, 0.25) is 0 Å². The second-order valence-corrected chi connectivity index (χ2v) is 7.56. The maximum atomic E-state index is 13.1. The third-order valence-electron chi connectivity index (χ3n) is 4.33. The molecule has 0 unspecified atom stereocenters. The number of H-pyrrole nitrogens is 1. The van der Waals surface area contributed by atoms with Gasteiger partial charge >= 0.3 is 0 Å². The first kappa shape index (κ1) is 19.4. The normalized spacial score (nSPS) is 14.4. The lowest BCUT2D eigenvalue weighted by molar-refractivity contribution is 0.166. The molecule has 2 heterocycles. The van der Waals surface area contributed by atoms with Crippen LogP contribution in [0.5, 0.6) is 0 Å². The van der Waals surface area contributed by atoms with Crippen molar-refractivity contribution in [2.24, 2.45) is 0 Å². The highest BCUT2D eigenvalue weighted by atomic mass is 35.5. The maximum absolute atomic E-state index is 13.1. The number of nitrogens with zero attached hydrogens (tertiary/aromatic N) is 2. The van der Waals surface area contributed by atoms with E-state index in [0.717, 1.165) is 49.4 Å². The first-order valence-electron chi connectivity index (χ1n) is 8.47. The summed E-state index contributed by atoms with van der Waals surface area (Å²) in [6.45, 7) is 3.14. The lowest BCUT2D eigenvalue weighted by Crippen LogP contribution is -2.36. The molecule has 1 aromatic heterocycles. The van der Waals surface area contributed by atoms with Gasteiger partial charge in [0.1, 0.15) is 5.82 Å². The van der Waals surface area contributed by atoms with E-state index in [1.54, 1.807) is 13.2 Å². The first-order valence-corrected chi connectivity index (χ1v) is 9.83. The van der Waals surface area contributed by atoms with Crippen LogP contribution in [0.3, 0.4) is 0 Å². The molecule has 0 saturated heterocycles. The van der Waals surface area contributed by atoms with Crippen molar-refractivity contribution in [3.63, 3.8) is 0 Å². The largest absolute Gasteiger partial charge is 0.385 e. The van der Waals surface area contributed by atoms with E-state index in [1.807, 2.05) is 0 Å². The number of halogens is 2. The minimum absolute atomic E-state index is 0.0841. The summed E-state index contributed by atoms with van der Waals surface area (Å²) in [7, 11) is 1.69.